The Kier molecular flexibility index (Phi) is 6.42. The van der Waals surface area contributed by atoms with Gasteiger partial charge in [-0.15, -0.1) is 0 Å². The molecule has 2 amide bonds. The molecule has 3 heterocycles. The fraction of sp³-hybridized carbons (Fsp3) is 0.556. The summed E-state index contributed by atoms with van der Waals surface area (Å²) in [5.74, 6) is 0.292. The maximum Gasteiger partial charge on any atom is 0.275 e. The number of hydrogen-bond acceptors (Lipinski definition) is 6. The molecule has 0 aliphatic carbocycles. The molecule has 1 aliphatic rings. The van der Waals surface area contributed by atoms with Crippen LogP contribution >= 0.6 is 0 Å². The second kappa shape index (κ2) is 8.98. The Labute approximate surface area is 163 Å². The fourth-order valence-electron chi connectivity index (χ4n) is 3.17. The number of nitrogens with zero attached hydrogens (tertiary/aromatic N) is 5. The summed E-state index contributed by atoms with van der Waals surface area (Å²) in [6.45, 7) is 4.99. The van der Waals surface area contributed by atoms with Crippen LogP contribution in [0.15, 0.2) is 18.5 Å². The van der Waals surface area contributed by atoms with Gasteiger partial charge in [0.15, 0.2) is 0 Å². The largest absolute Gasteiger partial charge is 0.383 e. The number of nitrogens with one attached hydrogen (secondary N) is 1. The Morgan fingerprint density at radius 1 is 1.21 bits per heavy atom. The van der Waals surface area contributed by atoms with E-state index < -0.39 is 0 Å². The highest BCUT2D eigenvalue weighted by atomic mass is 16.5. The van der Waals surface area contributed by atoms with Crippen molar-refractivity contribution in [2.45, 2.75) is 26.1 Å². The molecule has 0 fully saturated rings. The molecule has 10 heteroatoms. The van der Waals surface area contributed by atoms with Crippen LogP contribution in [0.1, 0.15) is 39.8 Å². The number of amides is 2. The quantitative estimate of drug-likeness (QED) is 0.651. The SMILES string of the molecule is COCCNC(=O)c1cn2c(n1)C(C)N(C(=O)c1ccn(CCOC)n1)CC2. The number of ether oxygens (including phenoxy) is 2. The number of carbonyl (C=O) groups is 2. The number of fused-ring (bicyclic) bond motifs is 1. The fourth-order valence-corrected chi connectivity index (χ4v) is 3.17. The van der Waals surface area contributed by atoms with E-state index in [2.05, 4.69) is 15.4 Å². The number of rotatable bonds is 8. The molecular formula is C18H26N6O4. The highest BCUT2D eigenvalue weighted by molar-refractivity contribution is 5.93. The molecule has 0 saturated heterocycles. The first kappa shape index (κ1) is 20.0. The number of hydrogen-bond donors (Lipinski definition) is 1. The van der Waals surface area contributed by atoms with Crippen LogP contribution < -0.4 is 5.32 Å². The Balaban J connectivity index is 1.70. The van der Waals surface area contributed by atoms with E-state index in [1.54, 1.807) is 42.3 Å². The second-order valence-electron chi connectivity index (χ2n) is 6.56. The number of methoxy groups -OCH3 is 2. The van der Waals surface area contributed by atoms with Crippen molar-refractivity contribution in [3.8, 4) is 0 Å². The van der Waals surface area contributed by atoms with E-state index in [0.29, 0.717) is 56.6 Å². The average Bonchev–Trinajstić information content (AvgIpc) is 3.34. The molecule has 1 unspecified atom stereocenters. The van der Waals surface area contributed by atoms with Gasteiger partial charge in [-0.1, -0.05) is 0 Å². The van der Waals surface area contributed by atoms with Gasteiger partial charge in [-0.25, -0.2) is 4.98 Å². The van der Waals surface area contributed by atoms with Crippen LogP contribution in [0.3, 0.4) is 0 Å². The van der Waals surface area contributed by atoms with Gasteiger partial charge >= 0.3 is 0 Å². The van der Waals surface area contributed by atoms with Gasteiger partial charge in [-0.05, 0) is 13.0 Å². The summed E-state index contributed by atoms with van der Waals surface area (Å²) in [5.41, 5.74) is 0.733. The second-order valence-corrected chi connectivity index (χ2v) is 6.56. The molecule has 2 aromatic rings. The van der Waals surface area contributed by atoms with Crippen LogP contribution in [-0.4, -0.2) is 76.6 Å². The molecule has 1 N–H and O–H groups in total. The lowest BCUT2D eigenvalue weighted by atomic mass is 10.2. The molecular weight excluding hydrogens is 364 g/mol. The molecule has 0 radical (unpaired) electrons. The molecule has 0 spiro atoms. The Hall–Kier alpha value is -2.72. The number of carbonyl (C=O) groups excluding carboxylic acids is 2. The Morgan fingerprint density at radius 3 is 2.75 bits per heavy atom. The molecule has 1 atom stereocenters. The summed E-state index contributed by atoms with van der Waals surface area (Å²) in [6, 6.07) is 1.45. The Morgan fingerprint density at radius 2 is 2.00 bits per heavy atom. The summed E-state index contributed by atoms with van der Waals surface area (Å²) in [7, 11) is 3.20. The summed E-state index contributed by atoms with van der Waals surface area (Å²) < 4.78 is 13.6. The maximum atomic E-state index is 12.9. The van der Waals surface area contributed by atoms with Crippen molar-refractivity contribution < 1.29 is 19.1 Å². The highest BCUT2D eigenvalue weighted by Crippen LogP contribution is 2.26. The predicted octanol–water partition coefficient (Wildman–Crippen LogP) is 0.319. The van der Waals surface area contributed by atoms with Crippen molar-refractivity contribution in [3.05, 3.63) is 35.7 Å². The zero-order valence-electron chi connectivity index (χ0n) is 16.4. The summed E-state index contributed by atoms with van der Waals surface area (Å²) in [5, 5.41) is 7.09. The zero-order chi connectivity index (χ0) is 20.1. The lowest BCUT2D eigenvalue weighted by molar-refractivity contribution is 0.0630. The van der Waals surface area contributed by atoms with Gasteiger partial charge in [-0.3, -0.25) is 14.3 Å². The van der Waals surface area contributed by atoms with E-state index in [-0.39, 0.29) is 17.9 Å². The summed E-state index contributed by atoms with van der Waals surface area (Å²) in [6.07, 6.45) is 3.50. The Bertz CT molecular complexity index is 830. The van der Waals surface area contributed by atoms with Crippen molar-refractivity contribution in [2.75, 3.05) is 40.5 Å². The van der Waals surface area contributed by atoms with E-state index in [4.69, 9.17) is 9.47 Å². The van der Waals surface area contributed by atoms with E-state index in [9.17, 15) is 9.59 Å². The third-order valence-corrected chi connectivity index (χ3v) is 4.70. The minimum atomic E-state index is -0.258. The topological polar surface area (TPSA) is 104 Å². The molecule has 10 nitrogen and oxygen atoms in total. The van der Waals surface area contributed by atoms with Crippen molar-refractivity contribution in [1.82, 2.24) is 29.5 Å². The zero-order valence-corrected chi connectivity index (χ0v) is 16.4. The highest BCUT2D eigenvalue weighted by Gasteiger charge is 2.32. The third-order valence-electron chi connectivity index (χ3n) is 4.70. The van der Waals surface area contributed by atoms with Crippen LogP contribution in [0.25, 0.3) is 0 Å². The first-order valence-electron chi connectivity index (χ1n) is 9.22. The van der Waals surface area contributed by atoms with Crippen LogP contribution in [0.2, 0.25) is 0 Å². The van der Waals surface area contributed by atoms with E-state index in [0.717, 1.165) is 0 Å². The minimum absolute atomic E-state index is 0.149. The minimum Gasteiger partial charge on any atom is -0.383 e. The normalized spacial score (nSPS) is 16.1. The van der Waals surface area contributed by atoms with Crippen molar-refractivity contribution in [3.63, 3.8) is 0 Å². The summed E-state index contributed by atoms with van der Waals surface area (Å²) >= 11 is 0. The van der Waals surface area contributed by atoms with Gasteiger partial charge in [-0.2, -0.15) is 5.10 Å². The van der Waals surface area contributed by atoms with Gasteiger partial charge in [0.05, 0.1) is 25.8 Å². The van der Waals surface area contributed by atoms with Gasteiger partial charge < -0.3 is 24.3 Å². The molecule has 0 saturated carbocycles. The molecule has 1 aliphatic heterocycles. The third kappa shape index (κ3) is 4.23. The van der Waals surface area contributed by atoms with Gasteiger partial charge in [0.1, 0.15) is 17.2 Å². The summed E-state index contributed by atoms with van der Waals surface area (Å²) in [4.78, 5) is 31.3. The standard InChI is InChI=1S/C18H26N6O4/c1-13-16-20-15(17(25)19-5-10-27-2)12-22(16)7-8-24(13)18(26)14-4-6-23(21-14)9-11-28-3/h4,6,12-13H,5,7-11H2,1-3H3,(H,19,25). The smallest absolute Gasteiger partial charge is 0.275 e. The van der Waals surface area contributed by atoms with Crippen LogP contribution in [0.5, 0.6) is 0 Å². The molecule has 2 aromatic heterocycles. The van der Waals surface area contributed by atoms with E-state index >= 15 is 0 Å². The number of imidazole rings is 1. The lowest BCUT2D eigenvalue weighted by Gasteiger charge is -2.33. The molecule has 3 rings (SSSR count). The van der Waals surface area contributed by atoms with Crippen molar-refractivity contribution in [2.24, 2.45) is 0 Å². The first-order valence-corrected chi connectivity index (χ1v) is 9.22. The number of aromatic nitrogens is 4. The molecule has 152 valence electrons. The molecule has 28 heavy (non-hydrogen) atoms. The average molecular weight is 390 g/mol. The van der Waals surface area contributed by atoms with Gasteiger partial charge in [0.2, 0.25) is 0 Å². The molecule has 0 aromatic carbocycles. The maximum absolute atomic E-state index is 12.9. The van der Waals surface area contributed by atoms with E-state index in [1.807, 2.05) is 11.5 Å². The molecule has 0 bridgehead atoms. The van der Waals surface area contributed by atoms with Crippen LogP contribution in [-0.2, 0) is 22.6 Å². The van der Waals surface area contributed by atoms with E-state index in [1.165, 1.54) is 0 Å². The van der Waals surface area contributed by atoms with Crippen LogP contribution in [0.4, 0.5) is 0 Å². The van der Waals surface area contributed by atoms with Crippen molar-refractivity contribution >= 4 is 11.8 Å². The van der Waals surface area contributed by atoms with Crippen molar-refractivity contribution in [1.29, 1.82) is 0 Å². The lowest BCUT2D eigenvalue weighted by Crippen LogP contribution is -2.41. The van der Waals surface area contributed by atoms with Crippen LogP contribution in [0, 0.1) is 0 Å². The van der Waals surface area contributed by atoms with Gasteiger partial charge in [0.25, 0.3) is 11.8 Å². The van der Waals surface area contributed by atoms with Gasteiger partial charge in [0, 0.05) is 46.2 Å². The monoisotopic (exact) mass is 390 g/mol. The first-order chi connectivity index (χ1) is 13.5. The predicted molar refractivity (Wildman–Crippen MR) is 100.0 cm³/mol.